The molecule has 7 aromatic carbocycles. The summed E-state index contributed by atoms with van der Waals surface area (Å²) < 4.78 is 14.0. The number of fused-ring (bicyclic) bond motifs is 2. The standard InChI is InChI=1S/C44H34P2.C3H9O3P/c1-5-21-36(22-6-1)45(37-23-7-2-8-24-37)42-32-31-34-18-13-15-29-40(34)43(42)44(33-17-20-35-19-14-16-30-41(35)44)46(38-25-9-3-10-26-38)39-27-11-4-12-28-39;1-4-7(5-2)6-3/h1-32H,33H2;1-3H3. The van der Waals surface area contributed by atoms with Crippen LogP contribution >= 0.6 is 24.4 Å². The van der Waals surface area contributed by atoms with Crippen LogP contribution in [0.3, 0.4) is 0 Å². The van der Waals surface area contributed by atoms with Gasteiger partial charge in [-0.2, -0.15) is 0 Å². The molecule has 0 bridgehead atoms. The Balaban J connectivity index is 0.000000568. The normalized spacial score (nSPS) is 15.0. The number of allylic oxidation sites excluding steroid dienone is 1. The molecule has 0 spiro atoms. The van der Waals surface area contributed by atoms with Crippen LogP contribution in [0.15, 0.2) is 188 Å². The molecule has 0 N–H and O–H groups in total. The first-order chi connectivity index (χ1) is 26.2. The average Bonchev–Trinajstić information content (AvgIpc) is 3.23. The van der Waals surface area contributed by atoms with Crippen LogP contribution in [0.1, 0.15) is 23.1 Å². The van der Waals surface area contributed by atoms with Crippen molar-refractivity contribution < 1.29 is 13.6 Å². The molecule has 0 aliphatic heterocycles. The van der Waals surface area contributed by atoms with E-state index < -0.39 is 24.4 Å². The zero-order valence-electron chi connectivity index (χ0n) is 30.2. The molecule has 0 radical (unpaired) electrons. The topological polar surface area (TPSA) is 27.7 Å². The van der Waals surface area contributed by atoms with Gasteiger partial charge >= 0.3 is 8.60 Å². The summed E-state index contributed by atoms with van der Waals surface area (Å²) in [6, 6.07) is 68.1. The lowest BCUT2D eigenvalue weighted by Crippen LogP contribution is -2.40. The van der Waals surface area contributed by atoms with Crippen LogP contribution in [0.25, 0.3) is 16.8 Å². The van der Waals surface area contributed by atoms with Gasteiger partial charge in [0.05, 0.1) is 5.16 Å². The van der Waals surface area contributed by atoms with Gasteiger partial charge < -0.3 is 13.6 Å². The number of rotatable bonds is 10. The van der Waals surface area contributed by atoms with Gasteiger partial charge in [0.2, 0.25) is 0 Å². The van der Waals surface area contributed by atoms with E-state index in [0.717, 1.165) is 6.42 Å². The van der Waals surface area contributed by atoms with Crippen molar-refractivity contribution in [3.05, 3.63) is 205 Å². The highest BCUT2D eigenvalue weighted by Gasteiger charge is 2.48. The molecule has 0 saturated heterocycles. The van der Waals surface area contributed by atoms with E-state index in [1.54, 1.807) is 21.3 Å². The van der Waals surface area contributed by atoms with Gasteiger partial charge in [0.25, 0.3) is 0 Å². The van der Waals surface area contributed by atoms with Crippen molar-refractivity contribution in [2.75, 3.05) is 21.3 Å². The van der Waals surface area contributed by atoms with Crippen LogP contribution in [-0.2, 0) is 18.7 Å². The molecule has 0 fully saturated rings. The fourth-order valence-corrected chi connectivity index (χ4v) is 13.9. The van der Waals surface area contributed by atoms with E-state index in [1.165, 1.54) is 54.0 Å². The third-order valence-corrected chi connectivity index (χ3v) is 16.0. The highest BCUT2D eigenvalue weighted by atomic mass is 31.2. The van der Waals surface area contributed by atoms with Crippen LogP contribution in [0.5, 0.6) is 0 Å². The summed E-state index contributed by atoms with van der Waals surface area (Å²) in [5, 5.41) is 9.31. The molecule has 0 amide bonds. The van der Waals surface area contributed by atoms with E-state index in [1.807, 2.05) is 0 Å². The van der Waals surface area contributed by atoms with E-state index in [9.17, 15) is 0 Å². The SMILES string of the molecule is C1=Cc2ccccc2C(c2c(P(c3ccccc3)c3ccccc3)ccc3ccccc23)(P(c2ccccc2)c2ccccc2)C1.COP(OC)OC. The van der Waals surface area contributed by atoms with Crippen molar-refractivity contribution in [1.82, 2.24) is 0 Å². The summed E-state index contributed by atoms with van der Waals surface area (Å²) >= 11 is 0. The zero-order chi connectivity index (χ0) is 36.5. The molecule has 1 aliphatic rings. The first-order valence-corrected chi connectivity index (χ1v) is 21.5. The molecular formula is C47H43O3P3. The maximum atomic E-state index is 4.67. The van der Waals surface area contributed by atoms with E-state index in [4.69, 9.17) is 0 Å². The Morgan fingerprint density at radius 3 is 1.47 bits per heavy atom. The fourth-order valence-electron chi connectivity index (χ4n) is 7.48. The summed E-state index contributed by atoms with van der Waals surface area (Å²) in [6.45, 7) is 0. The largest absolute Gasteiger partial charge is 0.331 e. The quantitative estimate of drug-likeness (QED) is 0.130. The van der Waals surface area contributed by atoms with Crippen molar-refractivity contribution >= 4 is 67.8 Å². The Hall–Kier alpha value is -4.29. The molecule has 6 heteroatoms. The first-order valence-electron chi connectivity index (χ1n) is 17.7. The minimum absolute atomic E-state index is 0.316. The minimum atomic E-state index is -1.05. The van der Waals surface area contributed by atoms with E-state index in [-0.39, 0.29) is 5.16 Å². The second-order valence-electron chi connectivity index (χ2n) is 12.5. The predicted molar refractivity (Wildman–Crippen MR) is 231 cm³/mol. The Morgan fingerprint density at radius 1 is 0.472 bits per heavy atom. The summed E-state index contributed by atoms with van der Waals surface area (Å²) in [5.74, 6) is 0. The van der Waals surface area contributed by atoms with Gasteiger partial charge in [0.15, 0.2) is 0 Å². The summed E-state index contributed by atoms with van der Waals surface area (Å²) in [6.07, 6.45) is 5.72. The van der Waals surface area contributed by atoms with Gasteiger partial charge in [-0.05, 0) is 76.2 Å². The third-order valence-electron chi connectivity index (χ3n) is 9.57. The maximum Gasteiger partial charge on any atom is 0.331 e. The highest BCUT2D eigenvalue weighted by molar-refractivity contribution is 7.80. The van der Waals surface area contributed by atoms with Crippen LogP contribution in [0, 0.1) is 0 Å². The molecule has 1 unspecified atom stereocenters. The molecule has 53 heavy (non-hydrogen) atoms. The fraction of sp³-hybridized carbons (Fsp3) is 0.106. The highest BCUT2D eigenvalue weighted by Crippen LogP contribution is 2.64. The molecule has 1 aliphatic carbocycles. The zero-order valence-corrected chi connectivity index (χ0v) is 32.9. The Morgan fingerprint density at radius 2 is 0.943 bits per heavy atom. The predicted octanol–water partition coefficient (Wildman–Crippen LogP) is 10.5. The number of hydrogen-bond acceptors (Lipinski definition) is 3. The van der Waals surface area contributed by atoms with Gasteiger partial charge in [-0.25, -0.2) is 0 Å². The van der Waals surface area contributed by atoms with E-state index >= 15 is 0 Å². The molecule has 264 valence electrons. The molecule has 7 aromatic rings. The first kappa shape index (κ1) is 37.0. The molecule has 8 rings (SSSR count). The molecule has 1 atom stereocenters. The number of hydrogen-bond donors (Lipinski definition) is 0. The van der Waals surface area contributed by atoms with Crippen LogP contribution in [0.4, 0.5) is 0 Å². The van der Waals surface area contributed by atoms with Gasteiger partial charge in [-0.1, -0.05) is 194 Å². The Kier molecular flexibility index (Phi) is 12.4. The molecular weight excluding hydrogens is 705 g/mol. The van der Waals surface area contributed by atoms with Gasteiger partial charge in [0, 0.05) is 21.3 Å². The van der Waals surface area contributed by atoms with Gasteiger partial charge in [0.1, 0.15) is 0 Å². The second kappa shape index (κ2) is 17.7. The Bertz CT molecular complexity index is 2160. The molecule has 3 nitrogen and oxygen atoms in total. The lowest BCUT2D eigenvalue weighted by molar-refractivity contribution is 0.239. The minimum Gasteiger partial charge on any atom is -0.316 e. The van der Waals surface area contributed by atoms with Crippen molar-refractivity contribution in [2.45, 2.75) is 11.6 Å². The summed E-state index contributed by atoms with van der Waals surface area (Å²) in [7, 11) is 1.80. The molecule has 0 saturated carbocycles. The number of benzene rings is 7. The van der Waals surface area contributed by atoms with Crippen LogP contribution in [0.2, 0.25) is 0 Å². The summed E-state index contributed by atoms with van der Waals surface area (Å²) in [5.41, 5.74) is 4.21. The average molecular weight is 749 g/mol. The monoisotopic (exact) mass is 748 g/mol. The van der Waals surface area contributed by atoms with Crippen LogP contribution in [-0.4, -0.2) is 21.3 Å². The second-order valence-corrected chi connectivity index (χ2v) is 18.7. The summed E-state index contributed by atoms with van der Waals surface area (Å²) in [4.78, 5) is 0. The lowest BCUT2D eigenvalue weighted by Gasteiger charge is -2.47. The van der Waals surface area contributed by atoms with E-state index in [2.05, 4.69) is 208 Å². The van der Waals surface area contributed by atoms with E-state index in [0.29, 0.717) is 0 Å². The van der Waals surface area contributed by atoms with Crippen molar-refractivity contribution in [3.63, 3.8) is 0 Å². The van der Waals surface area contributed by atoms with Crippen molar-refractivity contribution in [3.8, 4) is 0 Å². The van der Waals surface area contributed by atoms with Gasteiger partial charge in [-0.15, -0.1) is 0 Å². The van der Waals surface area contributed by atoms with Crippen molar-refractivity contribution in [2.24, 2.45) is 0 Å². The smallest absolute Gasteiger partial charge is 0.316 e. The van der Waals surface area contributed by atoms with Crippen LogP contribution < -0.4 is 26.5 Å². The molecule has 0 heterocycles. The lowest BCUT2D eigenvalue weighted by atomic mass is 9.79. The third kappa shape index (κ3) is 7.71. The van der Waals surface area contributed by atoms with Crippen molar-refractivity contribution in [1.29, 1.82) is 0 Å². The van der Waals surface area contributed by atoms with Gasteiger partial charge in [-0.3, -0.25) is 0 Å². The molecule has 0 aromatic heterocycles. The Labute approximate surface area is 317 Å². The maximum absolute atomic E-state index is 4.67.